The van der Waals surface area contributed by atoms with Gasteiger partial charge in [0.25, 0.3) is 0 Å². The second-order valence-electron chi connectivity index (χ2n) is 4.79. The number of hydrogen-bond donors (Lipinski definition) is 0. The van der Waals surface area contributed by atoms with Crippen LogP contribution in [0.2, 0.25) is 0 Å². The van der Waals surface area contributed by atoms with Gasteiger partial charge in [-0.25, -0.2) is 9.98 Å². The topological polar surface area (TPSA) is 28.0 Å². The smallest absolute Gasteiger partial charge is 0.221 e. The predicted molar refractivity (Wildman–Crippen MR) is 106 cm³/mol. The minimum Gasteiger partial charge on any atom is -0.357 e. The van der Waals surface area contributed by atoms with Gasteiger partial charge in [0, 0.05) is 18.7 Å². The molecule has 0 unspecified atom stereocenters. The highest BCUT2D eigenvalue weighted by molar-refractivity contribution is 7.80. The summed E-state index contributed by atoms with van der Waals surface area (Å²) < 4.78 is 0. The van der Waals surface area contributed by atoms with E-state index in [2.05, 4.69) is 28.7 Å². The van der Waals surface area contributed by atoms with Crippen molar-refractivity contribution in [2.75, 3.05) is 13.1 Å². The number of rotatable bonds is 5. The Hall–Kier alpha value is -2.07. The van der Waals surface area contributed by atoms with Crippen LogP contribution >= 0.6 is 12.2 Å². The zero-order valence-electron chi connectivity index (χ0n) is 14.4. The Morgan fingerprint density at radius 2 is 1.57 bits per heavy atom. The van der Waals surface area contributed by atoms with E-state index in [1.54, 1.807) is 0 Å². The molecule has 0 aliphatic carbocycles. The molecule has 4 heteroatoms. The number of aliphatic imine (C=N–C) groups is 2. The van der Waals surface area contributed by atoms with Gasteiger partial charge in [-0.2, -0.15) is 0 Å². The summed E-state index contributed by atoms with van der Waals surface area (Å²) in [6.07, 6.45) is 7.71. The van der Waals surface area contributed by atoms with Gasteiger partial charge in [0.1, 0.15) is 5.84 Å². The van der Waals surface area contributed by atoms with E-state index in [-0.39, 0.29) is 0 Å². The molecule has 1 aromatic rings. The number of nitrogens with zero attached hydrogens (tertiary/aromatic N) is 3. The Morgan fingerprint density at radius 3 is 2.04 bits per heavy atom. The van der Waals surface area contributed by atoms with E-state index in [1.807, 2.05) is 68.5 Å². The first-order chi connectivity index (χ1) is 11.2. The fourth-order valence-electron chi connectivity index (χ4n) is 2.13. The summed E-state index contributed by atoms with van der Waals surface area (Å²) >= 11 is 5.38. The molecule has 23 heavy (non-hydrogen) atoms. The third-order valence-corrected chi connectivity index (χ3v) is 3.38. The molecule has 0 spiro atoms. The summed E-state index contributed by atoms with van der Waals surface area (Å²) in [4.78, 5) is 11.2. The molecule has 0 bridgehead atoms. The molecule has 0 N–H and O–H groups in total. The van der Waals surface area contributed by atoms with E-state index in [0.717, 1.165) is 30.2 Å². The first-order valence-corrected chi connectivity index (χ1v) is 8.34. The first kappa shape index (κ1) is 19.0. The van der Waals surface area contributed by atoms with Crippen LogP contribution in [0, 0.1) is 0 Å². The molecule has 0 aliphatic rings. The SMILES string of the molecule is CC=CC(C=CC)=NC(=S)N=C(c1ccccc1)N(CC)CC. The lowest BCUT2D eigenvalue weighted by Gasteiger charge is -2.23. The Balaban J connectivity index is 3.23. The van der Waals surface area contributed by atoms with Gasteiger partial charge in [-0.15, -0.1) is 0 Å². The van der Waals surface area contributed by atoms with Crippen LogP contribution < -0.4 is 0 Å². The molecular formula is C19H25N3S. The number of hydrogen-bond acceptors (Lipinski definition) is 1. The third kappa shape index (κ3) is 6.28. The van der Waals surface area contributed by atoms with Crippen molar-refractivity contribution in [1.82, 2.24) is 4.90 Å². The van der Waals surface area contributed by atoms with Crippen molar-refractivity contribution in [3.05, 3.63) is 60.2 Å². The average Bonchev–Trinajstić information content (AvgIpc) is 2.56. The summed E-state index contributed by atoms with van der Waals surface area (Å²) in [5.41, 5.74) is 1.85. The van der Waals surface area contributed by atoms with E-state index in [0.29, 0.717) is 5.11 Å². The highest BCUT2D eigenvalue weighted by Gasteiger charge is 2.11. The summed E-state index contributed by atoms with van der Waals surface area (Å²) in [6.45, 7) is 9.87. The summed E-state index contributed by atoms with van der Waals surface area (Å²) in [5, 5.41) is 0.335. The van der Waals surface area contributed by atoms with Crippen LogP contribution in [0.4, 0.5) is 0 Å². The van der Waals surface area contributed by atoms with Crippen LogP contribution in [-0.4, -0.2) is 34.6 Å². The Morgan fingerprint density at radius 1 is 1.00 bits per heavy atom. The van der Waals surface area contributed by atoms with Crippen molar-refractivity contribution < 1.29 is 0 Å². The maximum Gasteiger partial charge on any atom is 0.221 e. The molecule has 1 rings (SSSR count). The maximum absolute atomic E-state index is 5.38. The molecule has 0 heterocycles. The van der Waals surface area contributed by atoms with Gasteiger partial charge in [-0.3, -0.25) is 0 Å². The molecule has 0 saturated heterocycles. The average molecular weight is 327 g/mol. The lowest BCUT2D eigenvalue weighted by atomic mass is 10.2. The van der Waals surface area contributed by atoms with Gasteiger partial charge in [-0.1, -0.05) is 42.5 Å². The van der Waals surface area contributed by atoms with E-state index in [9.17, 15) is 0 Å². The van der Waals surface area contributed by atoms with E-state index in [4.69, 9.17) is 12.2 Å². The first-order valence-electron chi connectivity index (χ1n) is 7.93. The number of benzene rings is 1. The lowest BCUT2D eigenvalue weighted by Crippen LogP contribution is -2.32. The van der Waals surface area contributed by atoms with Crippen molar-refractivity contribution in [2.45, 2.75) is 27.7 Å². The van der Waals surface area contributed by atoms with Crippen LogP contribution in [0.1, 0.15) is 33.3 Å². The van der Waals surface area contributed by atoms with Gasteiger partial charge in [0.05, 0.1) is 5.71 Å². The molecule has 0 aromatic heterocycles. The number of allylic oxidation sites excluding steroid dienone is 4. The van der Waals surface area contributed by atoms with Crippen LogP contribution in [0.5, 0.6) is 0 Å². The second kappa shape index (κ2) is 10.6. The molecule has 1 aromatic carbocycles. The van der Waals surface area contributed by atoms with Crippen molar-refractivity contribution in [2.24, 2.45) is 9.98 Å². The van der Waals surface area contributed by atoms with Crippen molar-refractivity contribution >= 4 is 28.9 Å². The quantitative estimate of drug-likeness (QED) is 0.447. The summed E-state index contributed by atoms with van der Waals surface area (Å²) in [5.74, 6) is 0.865. The largest absolute Gasteiger partial charge is 0.357 e. The highest BCUT2D eigenvalue weighted by Crippen LogP contribution is 2.07. The maximum atomic E-state index is 5.38. The minimum atomic E-state index is 0.335. The fraction of sp³-hybridized carbons (Fsp3) is 0.316. The molecule has 122 valence electrons. The lowest BCUT2D eigenvalue weighted by molar-refractivity contribution is 0.467. The molecule has 0 amide bonds. The zero-order valence-corrected chi connectivity index (χ0v) is 15.2. The molecule has 0 radical (unpaired) electrons. The van der Waals surface area contributed by atoms with Crippen LogP contribution in [0.15, 0.2) is 64.6 Å². The minimum absolute atomic E-state index is 0.335. The Kier molecular flexibility index (Phi) is 8.76. The molecule has 0 aliphatic heterocycles. The molecule has 0 fully saturated rings. The third-order valence-electron chi connectivity index (χ3n) is 3.20. The predicted octanol–water partition coefficient (Wildman–Crippen LogP) is 4.65. The second-order valence-corrected chi connectivity index (χ2v) is 5.16. The van der Waals surface area contributed by atoms with Gasteiger partial charge in [0.15, 0.2) is 0 Å². The normalized spacial score (nSPS) is 11.9. The van der Waals surface area contributed by atoms with Gasteiger partial charge in [0.2, 0.25) is 5.11 Å². The van der Waals surface area contributed by atoms with E-state index < -0.39 is 0 Å². The highest BCUT2D eigenvalue weighted by atomic mass is 32.1. The van der Waals surface area contributed by atoms with E-state index >= 15 is 0 Å². The standard InChI is InChI=1S/C19H25N3S/c1-5-12-17(13-6-2)20-19(23)21-18(22(7-3)8-4)16-14-10-9-11-15-16/h5-6,9-15H,7-8H2,1-4H3. The fourth-order valence-corrected chi connectivity index (χ4v) is 2.32. The molecule has 0 atom stereocenters. The summed E-state index contributed by atoms with van der Waals surface area (Å²) in [6, 6.07) is 10.1. The zero-order chi connectivity index (χ0) is 17.1. The number of thiocarbonyl (C=S) groups is 1. The molecule has 3 nitrogen and oxygen atoms in total. The van der Waals surface area contributed by atoms with Crippen LogP contribution in [0.3, 0.4) is 0 Å². The monoisotopic (exact) mass is 327 g/mol. The summed E-state index contributed by atoms with van der Waals surface area (Å²) in [7, 11) is 0. The van der Waals surface area contributed by atoms with Crippen molar-refractivity contribution in [1.29, 1.82) is 0 Å². The molecule has 0 saturated carbocycles. The Bertz CT molecular complexity index is 595. The van der Waals surface area contributed by atoms with Crippen LogP contribution in [0.25, 0.3) is 0 Å². The Labute approximate surface area is 145 Å². The van der Waals surface area contributed by atoms with Gasteiger partial charge in [-0.05, 0) is 52.1 Å². The van der Waals surface area contributed by atoms with Gasteiger partial charge < -0.3 is 4.90 Å². The van der Waals surface area contributed by atoms with E-state index in [1.165, 1.54) is 0 Å². The van der Waals surface area contributed by atoms with Crippen molar-refractivity contribution in [3.8, 4) is 0 Å². The molecular weight excluding hydrogens is 302 g/mol. The van der Waals surface area contributed by atoms with Gasteiger partial charge >= 0.3 is 0 Å². The van der Waals surface area contributed by atoms with Crippen molar-refractivity contribution in [3.63, 3.8) is 0 Å². The number of amidine groups is 1. The van der Waals surface area contributed by atoms with Crippen LogP contribution in [-0.2, 0) is 0 Å².